The van der Waals surface area contributed by atoms with Crippen LogP contribution in [0.25, 0.3) is 0 Å². The van der Waals surface area contributed by atoms with Crippen molar-refractivity contribution in [2.24, 2.45) is 40.4 Å². The lowest BCUT2D eigenvalue weighted by molar-refractivity contribution is -0.165. The van der Waals surface area contributed by atoms with Crippen LogP contribution in [0.2, 0.25) is 0 Å². The lowest BCUT2D eigenvalue weighted by atomic mass is 9.43. The Morgan fingerprint density at radius 3 is 2.54 bits per heavy atom. The molecular weight excluding hydrogens is 536 g/mol. The van der Waals surface area contributed by atoms with E-state index >= 15 is 0 Å². The van der Waals surface area contributed by atoms with Crippen LogP contribution in [0, 0.1) is 40.4 Å². The molecular formula is C34H44O6S. The molecule has 0 aromatic heterocycles. The molecule has 1 saturated heterocycles. The average molecular weight is 581 g/mol. The third-order valence-corrected chi connectivity index (χ3v) is 14.3. The first-order valence-electron chi connectivity index (χ1n) is 15.7. The van der Waals surface area contributed by atoms with Crippen molar-refractivity contribution in [1.82, 2.24) is 0 Å². The van der Waals surface area contributed by atoms with Crippen molar-refractivity contribution < 1.29 is 29.3 Å². The summed E-state index contributed by atoms with van der Waals surface area (Å²) in [5, 5.41) is 21.2. The number of carbonyl (C=O) groups is 2. The molecule has 1 aromatic rings. The lowest BCUT2D eigenvalue weighted by Crippen LogP contribution is -2.67. The van der Waals surface area contributed by atoms with E-state index in [4.69, 9.17) is 9.47 Å². The number of ketones is 1. The van der Waals surface area contributed by atoms with Gasteiger partial charge in [0.05, 0.1) is 29.8 Å². The number of cyclic esters (lactones) is 1. The first kappa shape index (κ1) is 28.1. The highest BCUT2D eigenvalue weighted by Gasteiger charge is 2.82. The van der Waals surface area contributed by atoms with E-state index in [9.17, 15) is 19.8 Å². The molecule has 4 aliphatic carbocycles. The third kappa shape index (κ3) is 3.80. The summed E-state index contributed by atoms with van der Waals surface area (Å²) in [6, 6.07) is 10.1. The maximum atomic E-state index is 14.2. The van der Waals surface area contributed by atoms with Crippen LogP contribution in [0.15, 0.2) is 46.4 Å². The molecule has 0 unspecified atom stereocenters. The number of Topliss-reactive ketones (excluding diaryl/α,β-unsaturated/α-hetero) is 1. The summed E-state index contributed by atoms with van der Waals surface area (Å²) < 4.78 is 12.4. The fourth-order valence-electron chi connectivity index (χ4n) is 10.8. The molecule has 6 aliphatic rings. The number of fused-ring (bicyclic) bond motifs is 4. The van der Waals surface area contributed by atoms with E-state index in [0.717, 1.165) is 42.6 Å². The predicted octanol–water partition coefficient (Wildman–Crippen LogP) is 5.35. The molecule has 1 aromatic carbocycles. The second-order valence-corrected chi connectivity index (χ2v) is 15.7. The summed E-state index contributed by atoms with van der Waals surface area (Å²) in [6.45, 7) is 8.52. The molecule has 5 fully saturated rings. The predicted molar refractivity (Wildman–Crippen MR) is 156 cm³/mol. The molecule has 41 heavy (non-hydrogen) atoms. The minimum atomic E-state index is -0.750. The molecule has 7 heteroatoms. The Morgan fingerprint density at radius 2 is 1.83 bits per heavy atom. The van der Waals surface area contributed by atoms with Gasteiger partial charge in [0, 0.05) is 23.0 Å². The summed E-state index contributed by atoms with van der Waals surface area (Å²) in [7, 11) is 0. The van der Waals surface area contributed by atoms with E-state index in [-0.39, 0.29) is 53.1 Å². The Balaban J connectivity index is 1.12. The zero-order valence-electron chi connectivity index (χ0n) is 24.7. The van der Waals surface area contributed by atoms with Crippen molar-refractivity contribution in [3.8, 4) is 0 Å². The van der Waals surface area contributed by atoms with Gasteiger partial charge >= 0.3 is 5.97 Å². The van der Waals surface area contributed by atoms with Crippen molar-refractivity contribution in [2.75, 3.05) is 6.61 Å². The van der Waals surface area contributed by atoms with Crippen LogP contribution in [0.1, 0.15) is 72.6 Å². The average Bonchev–Trinajstić information content (AvgIpc) is 3.58. The molecule has 6 nitrogen and oxygen atoms in total. The van der Waals surface area contributed by atoms with Gasteiger partial charge in [-0.15, -0.1) is 11.8 Å². The van der Waals surface area contributed by atoms with E-state index in [2.05, 4.69) is 20.8 Å². The van der Waals surface area contributed by atoms with Crippen molar-refractivity contribution in [3.05, 3.63) is 41.5 Å². The molecule has 222 valence electrons. The van der Waals surface area contributed by atoms with Crippen LogP contribution in [0.4, 0.5) is 0 Å². The molecule has 2 N–H and O–H groups in total. The zero-order chi connectivity index (χ0) is 28.9. The van der Waals surface area contributed by atoms with Gasteiger partial charge in [-0.05, 0) is 93.1 Å². The van der Waals surface area contributed by atoms with E-state index in [1.54, 1.807) is 11.8 Å². The number of esters is 1. The van der Waals surface area contributed by atoms with Crippen LogP contribution in [0.5, 0.6) is 0 Å². The largest absolute Gasteiger partial charge is 0.458 e. The normalized spacial score (nSPS) is 47.6. The third-order valence-electron chi connectivity index (χ3n) is 13.0. The van der Waals surface area contributed by atoms with Crippen molar-refractivity contribution in [1.29, 1.82) is 0 Å². The Labute approximate surface area is 247 Å². The number of hydrogen-bond donors (Lipinski definition) is 2. The monoisotopic (exact) mass is 580 g/mol. The fourth-order valence-corrected chi connectivity index (χ4v) is 12.0. The first-order chi connectivity index (χ1) is 19.6. The number of epoxide rings is 1. The second kappa shape index (κ2) is 9.67. The molecule has 0 bridgehead atoms. The van der Waals surface area contributed by atoms with Gasteiger partial charge in [-0.1, -0.05) is 37.6 Å². The van der Waals surface area contributed by atoms with E-state index in [1.807, 2.05) is 37.3 Å². The van der Waals surface area contributed by atoms with Gasteiger partial charge in [0.2, 0.25) is 0 Å². The summed E-state index contributed by atoms with van der Waals surface area (Å²) in [4.78, 5) is 27.9. The smallest absolute Gasteiger partial charge is 0.336 e. The fraction of sp³-hybridized carbons (Fsp3) is 0.706. The Bertz CT molecular complexity index is 1280. The number of thioether (sulfide) groups is 1. The maximum absolute atomic E-state index is 14.2. The number of benzene rings is 1. The maximum Gasteiger partial charge on any atom is 0.336 e. The molecule has 0 radical (unpaired) electrons. The zero-order valence-corrected chi connectivity index (χ0v) is 25.5. The molecule has 12 atom stereocenters. The topological polar surface area (TPSA) is 96.4 Å². The quantitative estimate of drug-likeness (QED) is 0.358. The molecule has 1 spiro atoms. The Hall–Kier alpha value is -1.67. The highest BCUT2D eigenvalue weighted by molar-refractivity contribution is 8.00. The molecule has 7 rings (SSSR count). The lowest BCUT2D eigenvalue weighted by Gasteiger charge is -2.59. The molecule has 2 heterocycles. The summed E-state index contributed by atoms with van der Waals surface area (Å²) in [6.07, 6.45) is 5.38. The number of aliphatic hydroxyl groups is 2. The number of aliphatic hydroxyl groups excluding tert-OH is 2. The minimum absolute atomic E-state index is 0.0605. The van der Waals surface area contributed by atoms with E-state index < -0.39 is 17.1 Å². The van der Waals surface area contributed by atoms with Crippen LogP contribution < -0.4 is 0 Å². The number of rotatable bonds is 5. The summed E-state index contributed by atoms with van der Waals surface area (Å²) in [5.41, 5.74) is 0.0794. The SMILES string of the molecule is CC1=C(CO)C(=O)O[C@@H]([C@@H](C)[C@H]2CC[C@H]3[C@@H]4C[C@H]5O[C@]56[C@@H](O)[C@@H](Sc5ccccc5)CC(=O)[C@]6(C)[C@H]4CC[C@]23C)C1. The van der Waals surface area contributed by atoms with Crippen LogP contribution in [-0.2, 0) is 19.1 Å². The van der Waals surface area contributed by atoms with Gasteiger partial charge in [0.25, 0.3) is 0 Å². The van der Waals surface area contributed by atoms with Gasteiger partial charge in [-0.2, -0.15) is 0 Å². The van der Waals surface area contributed by atoms with E-state index in [0.29, 0.717) is 36.2 Å². The second-order valence-electron chi connectivity index (χ2n) is 14.4. The molecule has 2 aliphatic heterocycles. The molecule has 4 saturated carbocycles. The minimum Gasteiger partial charge on any atom is -0.458 e. The van der Waals surface area contributed by atoms with Crippen molar-refractivity contribution in [2.45, 2.75) is 107 Å². The van der Waals surface area contributed by atoms with E-state index in [1.165, 1.54) is 0 Å². The number of ether oxygens (including phenoxy) is 2. The van der Waals surface area contributed by atoms with Gasteiger partial charge < -0.3 is 19.7 Å². The van der Waals surface area contributed by atoms with Gasteiger partial charge in [0.15, 0.2) is 0 Å². The van der Waals surface area contributed by atoms with Gasteiger partial charge in [-0.25, -0.2) is 4.79 Å². The van der Waals surface area contributed by atoms with Crippen LogP contribution in [0.3, 0.4) is 0 Å². The van der Waals surface area contributed by atoms with Crippen LogP contribution >= 0.6 is 11.8 Å². The number of hydrogen-bond acceptors (Lipinski definition) is 7. The van der Waals surface area contributed by atoms with Gasteiger partial charge in [-0.3, -0.25) is 4.79 Å². The van der Waals surface area contributed by atoms with Crippen molar-refractivity contribution in [3.63, 3.8) is 0 Å². The highest BCUT2D eigenvalue weighted by atomic mass is 32.2. The molecule has 0 amide bonds. The summed E-state index contributed by atoms with van der Waals surface area (Å²) >= 11 is 1.62. The summed E-state index contributed by atoms with van der Waals surface area (Å²) in [5.74, 6) is 1.70. The highest BCUT2D eigenvalue weighted by Crippen LogP contribution is 2.74. The number of carbonyl (C=O) groups excluding carboxylic acids is 2. The Kier molecular flexibility index (Phi) is 6.63. The Morgan fingerprint density at radius 1 is 1.07 bits per heavy atom. The van der Waals surface area contributed by atoms with Crippen LogP contribution in [-0.4, -0.2) is 57.7 Å². The van der Waals surface area contributed by atoms with Crippen molar-refractivity contribution >= 4 is 23.5 Å². The standard InChI is InChI=1S/C34H44O6S/c1-18-14-26(39-31(38)22(18)17-35)19(2)23-10-11-24-21-15-29-34(40-29)30(37)27(41-20-8-6-5-7-9-20)16-28(36)33(34,4)25(21)12-13-32(23,24)3/h5-9,19,21,23-27,29-30,35,37H,10-17H2,1-4H3/t19-,21-,23+,24-,25-,26+,27-,29+,30-,32+,33-,34-/m0/s1. The van der Waals surface area contributed by atoms with Gasteiger partial charge in [0.1, 0.15) is 17.5 Å². The first-order valence-corrected chi connectivity index (χ1v) is 16.6.